The number of rotatable bonds is 3. The van der Waals surface area contributed by atoms with Gasteiger partial charge in [0.2, 0.25) is 0 Å². The van der Waals surface area contributed by atoms with Crippen LogP contribution in [-0.2, 0) is 0 Å². The van der Waals surface area contributed by atoms with Crippen molar-refractivity contribution in [2.24, 2.45) is 0 Å². The summed E-state index contributed by atoms with van der Waals surface area (Å²) in [5.74, 6) is 3.22. The van der Waals surface area contributed by atoms with E-state index in [9.17, 15) is 0 Å². The molecule has 0 aliphatic carbocycles. The zero-order valence-corrected chi connectivity index (χ0v) is 7.71. The second-order valence-electron chi connectivity index (χ2n) is 2.84. The predicted molar refractivity (Wildman–Crippen MR) is 54.5 cm³/mol. The normalized spacial score (nSPS) is 9.23. The Labute approximate surface area is 78.7 Å². The van der Waals surface area contributed by atoms with Crippen LogP contribution in [-0.4, -0.2) is 6.61 Å². The molecule has 0 radical (unpaired) electrons. The molecule has 2 heteroatoms. The molecule has 0 heterocycles. The molecule has 1 rings (SSSR count). The first-order valence-corrected chi connectivity index (χ1v) is 4.16. The third-order valence-electron chi connectivity index (χ3n) is 1.67. The van der Waals surface area contributed by atoms with Gasteiger partial charge in [-0.15, -0.1) is 12.3 Å². The van der Waals surface area contributed by atoms with E-state index in [0.717, 1.165) is 11.3 Å². The smallest absolute Gasteiger partial charge is 0.142 e. The van der Waals surface area contributed by atoms with Crippen LogP contribution in [0.2, 0.25) is 0 Å². The van der Waals surface area contributed by atoms with Gasteiger partial charge in [-0.05, 0) is 24.6 Å². The van der Waals surface area contributed by atoms with E-state index in [0.29, 0.717) is 18.7 Å². The molecule has 2 N–H and O–H groups in total. The predicted octanol–water partition coefficient (Wildman–Crippen LogP) is 1.98. The van der Waals surface area contributed by atoms with Crippen LogP contribution in [0.3, 0.4) is 0 Å². The van der Waals surface area contributed by atoms with Gasteiger partial charge in [0.05, 0.1) is 12.3 Å². The summed E-state index contributed by atoms with van der Waals surface area (Å²) in [6.45, 7) is 2.51. The van der Waals surface area contributed by atoms with Crippen molar-refractivity contribution in [1.29, 1.82) is 0 Å². The monoisotopic (exact) mass is 175 g/mol. The highest BCUT2D eigenvalue weighted by Crippen LogP contribution is 2.22. The topological polar surface area (TPSA) is 35.2 Å². The quantitative estimate of drug-likeness (QED) is 0.433. The minimum absolute atomic E-state index is 0.518. The third kappa shape index (κ3) is 2.72. The molecule has 0 unspecified atom stereocenters. The van der Waals surface area contributed by atoms with Gasteiger partial charge >= 0.3 is 0 Å². The molecular weight excluding hydrogens is 162 g/mol. The fourth-order valence-electron chi connectivity index (χ4n) is 0.986. The number of ether oxygens (including phenoxy) is 1. The molecule has 13 heavy (non-hydrogen) atoms. The highest BCUT2D eigenvalue weighted by molar-refractivity contribution is 5.53. The van der Waals surface area contributed by atoms with Gasteiger partial charge in [0, 0.05) is 6.42 Å². The summed E-state index contributed by atoms with van der Waals surface area (Å²) < 4.78 is 5.39. The molecule has 0 saturated heterocycles. The Morgan fingerprint density at radius 1 is 1.54 bits per heavy atom. The van der Waals surface area contributed by atoms with E-state index in [1.807, 2.05) is 25.1 Å². The number of aryl methyl sites for hydroxylation is 1. The van der Waals surface area contributed by atoms with Crippen molar-refractivity contribution in [3.63, 3.8) is 0 Å². The van der Waals surface area contributed by atoms with Gasteiger partial charge < -0.3 is 10.5 Å². The highest BCUT2D eigenvalue weighted by atomic mass is 16.5. The lowest BCUT2D eigenvalue weighted by atomic mass is 10.2. The lowest BCUT2D eigenvalue weighted by molar-refractivity contribution is 0.329. The molecule has 0 aromatic heterocycles. The summed E-state index contributed by atoms with van der Waals surface area (Å²) in [4.78, 5) is 0. The fourth-order valence-corrected chi connectivity index (χ4v) is 0.986. The maximum Gasteiger partial charge on any atom is 0.142 e. The van der Waals surface area contributed by atoms with E-state index in [-0.39, 0.29) is 0 Å². The van der Waals surface area contributed by atoms with Crippen LogP contribution in [0, 0.1) is 19.3 Å². The number of benzene rings is 1. The molecule has 0 atom stereocenters. The second-order valence-corrected chi connectivity index (χ2v) is 2.84. The molecule has 1 aromatic carbocycles. The van der Waals surface area contributed by atoms with Crippen LogP contribution < -0.4 is 10.5 Å². The molecular formula is C11H13NO. The number of hydrogen-bond acceptors (Lipinski definition) is 2. The maximum atomic E-state index is 5.70. The second kappa shape index (κ2) is 4.42. The number of nitrogen functional groups attached to an aromatic ring is 1. The van der Waals surface area contributed by atoms with Crippen LogP contribution in [0.1, 0.15) is 12.0 Å². The standard InChI is InChI=1S/C11H13NO/c1-3-4-7-13-11-8-9(2)5-6-10(11)12/h1,5-6,8H,4,7,12H2,2H3. The lowest BCUT2D eigenvalue weighted by Gasteiger charge is -2.07. The van der Waals surface area contributed by atoms with Gasteiger partial charge in [0.15, 0.2) is 0 Å². The molecule has 0 bridgehead atoms. The molecule has 0 aliphatic rings. The summed E-state index contributed by atoms with van der Waals surface area (Å²) in [5.41, 5.74) is 7.48. The zero-order valence-electron chi connectivity index (χ0n) is 7.71. The van der Waals surface area contributed by atoms with Crippen molar-refractivity contribution in [2.45, 2.75) is 13.3 Å². The van der Waals surface area contributed by atoms with Crippen molar-refractivity contribution < 1.29 is 4.74 Å². The first-order chi connectivity index (χ1) is 6.24. The lowest BCUT2D eigenvalue weighted by Crippen LogP contribution is -1.99. The molecule has 0 fully saturated rings. The first-order valence-electron chi connectivity index (χ1n) is 4.16. The molecule has 2 nitrogen and oxygen atoms in total. The molecule has 0 aliphatic heterocycles. The Bertz CT molecular complexity index is 325. The Kier molecular flexibility index (Phi) is 3.22. The Morgan fingerprint density at radius 2 is 2.31 bits per heavy atom. The average Bonchev–Trinajstić information content (AvgIpc) is 2.11. The van der Waals surface area contributed by atoms with E-state index in [4.69, 9.17) is 16.9 Å². The van der Waals surface area contributed by atoms with E-state index in [2.05, 4.69) is 5.92 Å². The largest absolute Gasteiger partial charge is 0.490 e. The van der Waals surface area contributed by atoms with Gasteiger partial charge in [-0.1, -0.05) is 6.07 Å². The first kappa shape index (κ1) is 9.47. The van der Waals surface area contributed by atoms with Crippen LogP contribution in [0.5, 0.6) is 5.75 Å². The third-order valence-corrected chi connectivity index (χ3v) is 1.67. The fraction of sp³-hybridized carbons (Fsp3) is 0.273. The highest BCUT2D eigenvalue weighted by Gasteiger charge is 1.98. The summed E-state index contributed by atoms with van der Waals surface area (Å²) in [5, 5.41) is 0. The van der Waals surface area contributed by atoms with Gasteiger partial charge in [0.1, 0.15) is 5.75 Å². The molecule has 0 spiro atoms. The van der Waals surface area contributed by atoms with E-state index < -0.39 is 0 Å². The molecule has 0 saturated carbocycles. The van der Waals surface area contributed by atoms with Crippen LogP contribution >= 0.6 is 0 Å². The molecule has 1 aromatic rings. The van der Waals surface area contributed by atoms with Crippen molar-refractivity contribution in [3.05, 3.63) is 23.8 Å². The minimum Gasteiger partial charge on any atom is -0.490 e. The molecule has 0 amide bonds. The van der Waals surface area contributed by atoms with Crippen LogP contribution in [0.15, 0.2) is 18.2 Å². The Morgan fingerprint density at radius 3 is 3.00 bits per heavy atom. The zero-order chi connectivity index (χ0) is 9.68. The summed E-state index contributed by atoms with van der Waals surface area (Å²) in [7, 11) is 0. The van der Waals surface area contributed by atoms with E-state index >= 15 is 0 Å². The van der Waals surface area contributed by atoms with E-state index in [1.54, 1.807) is 0 Å². The number of terminal acetylenes is 1. The number of hydrogen-bond donors (Lipinski definition) is 1. The van der Waals surface area contributed by atoms with Crippen molar-refractivity contribution in [2.75, 3.05) is 12.3 Å². The maximum absolute atomic E-state index is 5.70. The van der Waals surface area contributed by atoms with Crippen molar-refractivity contribution in [3.8, 4) is 18.1 Å². The minimum atomic E-state index is 0.518. The molecule has 68 valence electrons. The SMILES string of the molecule is C#CCCOc1cc(C)ccc1N. The summed E-state index contributed by atoms with van der Waals surface area (Å²) in [6.07, 6.45) is 5.70. The van der Waals surface area contributed by atoms with E-state index in [1.165, 1.54) is 0 Å². The van der Waals surface area contributed by atoms with Gasteiger partial charge in [-0.25, -0.2) is 0 Å². The number of nitrogens with two attached hydrogens (primary N) is 1. The Balaban J connectivity index is 2.65. The summed E-state index contributed by atoms with van der Waals surface area (Å²) >= 11 is 0. The van der Waals surface area contributed by atoms with Crippen molar-refractivity contribution in [1.82, 2.24) is 0 Å². The van der Waals surface area contributed by atoms with Crippen LogP contribution in [0.4, 0.5) is 5.69 Å². The summed E-state index contributed by atoms with van der Waals surface area (Å²) in [6, 6.07) is 5.69. The van der Waals surface area contributed by atoms with Crippen molar-refractivity contribution >= 4 is 5.69 Å². The van der Waals surface area contributed by atoms with Gasteiger partial charge in [-0.2, -0.15) is 0 Å². The van der Waals surface area contributed by atoms with Crippen LogP contribution in [0.25, 0.3) is 0 Å². The van der Waals surface area contributed by atoms with Gasteiger partial charge in [0.25, 0.3) is 0 Å². The average molecular weight is 175 g/mol. The number of anilines is 1. The van der Waals surface area contributed by atoms with Gasteiger partial charge in [-0.3, -0.25) is 0 Å². The Hall–Kier alpha value is -1.62.